The molecule has 0 radical (unpaired) electrons. The van der Waals surface area contributed by atoms with Gasteiger partial charge in [-0.3, -0.25) is 4.79 Å². The quantitative estimate of drug-likeness (QED) is 0.436. The molecule has 1 atom stereocenters. The summed E-state index contributed by atoms with van der Waals surface area (Å²) in [6.07, 6.45) is -0.609. The number of hydrogen-bond donors (Lipinski definition) is 0. The van der Waals surface area contributed by atoms with Crippen LogP contribution in [0.1, 0.15) is 0 Å². The van der Waals surface area contributed by atoms with Crippen LogP contribution in [0.25, 0.3) is 21.8 Å². The maximum Gasteiger partial charge on any atom is 0.321 e. The fourth-order valence-electron chi connectivity index (χ4n) is 4.13. The van der Waals surface area contributed by atoms with E-state index in [-0.39, 0.29) is 18.0 Å². The van der Waals surface area contributed by atoms with Gasteiger partial charge in [0.25, 0.3) is 0 Å². The first kappa shape index (κ1) is 20.1. The van der Waals surface area contributed by atoms with E-state index in [1.807, 2.05) is 36.4 Å². The Hall–Kier alpha value is -2.87. The van der Waals surface area contributed by atoms with E-state index >= 15 is 0 Å². The van der Waals surface area contributed by atoms with Crippen molar-refractivity contribution in [3.8, 4) is 0 Å². The largest absolute Gasteiger partial charge is 0.458 e. The molecule has 1 aliphatic rings. The number of para-hydroxylation sites is 2. The lowest BCUT2D eigenvalue weighted by Gasteiger charge is -2.31. The minimum Gasteiger partial charge on any atom is -0.458 e. The normalized spacial score (nSPS) is 17.8. The number of benzene rings is 3. The van der Waals surface area contributed by atoms with Crippen molar-refractivity contribution < 1.29 is 17.9 Å². The summed E-state index contributed by atoms with van der Waals surface area (Å²) in [5.74, 6) is -0.561. The summed E-state index contributed by atoms with van der Waals surface area (Å²) in [4.78, 5) is 12.4. The van der Waals surface area contributed by atoms with Crippen LogP contribution in [0, 0.1) is 0 Å². The summed E-state index contributed by atoms with van der Waals surface area (Å²) < 4.78 is 35.0. The number of ether oxygens (including phenoxy) is 1. The topological polar surface area (TPSA) is 68.6 Å². The molecular formula is C23H19ClN2O4S. The van der Waals surface area contributed by atoms with Gasteiger partial charge in [-0.2, -0.15) is 4.31 Å². The molecule has 0 amide bonds. The molecular weight excluding hydrogens is 436 g/mol. The molecule has 6 nitrogen and oxygen atoms in total. The van der Waals surface area contributed by atoms with Crippen molar-refractivity contribution >= 4 is 49.4 Å². The second kappa shape index (κ2) is 7.67. The van der Waals surface area contributed by atoms with Crippen LogP contribution in [0.2, 0.25) is 5.02 Å². The monoisotopic (exact) mass is 454 g/mol. The third kappa shape index (κ3) is 3.59. The Morgan fingerprint density at radius 3 is 2.10 bits per heavy atom. The van der Waals surface area contributed by atoms with Crippen molar-refractivity contribution in [2.75, 3.05) is 13.1 Å². The van der Waals surface area contributed by atoms with Crippen LogP contribution >= 0.6 is 11.6 Å². The number of carbonyl (C=O) groups is 1. The Labute approximate surface area is 184 Å². The second-order valence-electron chi connectivity index (χ2n) is 7.51. The number of rotatable bonds is 4. The van der Waals surface area contributed by atoms with Gasteiger partial charge < -0.3 is 9.30 Å². The Morgan fingerprint density at radius 2 is 1.48 bits per heavy atom. The number of cyclic esters (lactones) is 1. The number of morpholine rings is 1. The summed E-state index contributed by atoms with van der Waals surface area (Å²) in [6.45, 7) is 0.124. The lowest BCUT2D eigenvalue weighted by molar-refractivity contribution is -0.155. The smallest absolute Gasteiger partial charge is 0.321 e. The highest BCUT2D eigenvalue weighted by Gasteiger charge is 2.35. The highest BCUT2D eigenvalue weighted by atomic mass is 35.5. The highest BCUT2D eigenvalue weighted by molar-refractivity contribution is 7.89. The molecule has 0 aliphatic carbocycles. The van der Waals surface area contributed by atoms with E-state index in [9.17, 15) is 13.2 Å². The molecule has 0 unspecified atom stereocenters. The molecule has 158 valence electrons. The van der Waals surface area contributed by atoms with Crippen molar-refractivity contribution in [3.05, 3.63) is 77.8 Å². The molecule has 1 fully saturated rings. The van der Waals surface area contributed by atoms with Crippen LogP contribution < -0.4 is 0 Å². The molecule has 1 aromatic heterocycles. The first-order valence-corrected chi connectivity index (χ1v) is 11.7. The van der Waals surface area contributed by atoms with Gasteiger partial charge in [0.15, 0.2) is 0 Å². The summed E-state index contributed by atoms with van der Waals surface area (Å²) in [7, 11) is -3.84. The van der Waals surface area contributed by atoms with Gasteiger partial charge in [-0.05, 0) is 36.4 Å². The number of aromatic nitrogens is 1. The van der Waals surface area contributed by atoms with Crippen molar-refractivity contribution in [2.45, 2.75) is 17.5 Å². The molecule has 0 saturated carbocycles. The maximum atomic E-state index is 13.1. The standard InChI is InChI=1S/C23H19ClN2O4S/c24-16-9-11-18(12-10-16)31(28,29)25-13-17(30-23(27)15-25)14-26-21-7-3-1-5-19(21)20-6-2-4-8-22(20)26/h1-12,17H,13-15H2/t17-/m0/s1. The molecule has 1 aliphatic heterocycles. The molecule has 2 heterocycles. The first-order valence-electron chi connectivity index (χ1n) is 9.84. The first-order chi connectivity index (χ1) is 14.9. The van der Waals surface area contributed by atoms with Gasteiger partial charge in [0.05, 0.1) is 18.0 Å². The zero-order chi connectivity index (χ0) is 21.6. The minimum absolute atomic E-state index is 0.0809. The van der Waals surface area contributed by atoms with Gasteiger partial charge in [0, 0.05) is 26.8 Å². The summed E-state index contributed by atoms with van der Waals surface area (Å²) >= 11 is 5.88. The van der Waals surface area contributed by atoms with Gasteiger partial charge in [0.1, 0.15) is 12.6 Å². The molecule has 31 heavy (non-hydrogen) atoms. The Kier molecular flexibility index (Phi) is 4.97. The Balaban J connectivity index is 1.49. The predicted molar refractivity (Wildman–Crippen MR) is 120 cm³/mol. The zero-order valence-electron chi connectivity index (χ0n) is 16.4. The van der Waals surface area contributed by atoms with E-state index in [0.29, 0.717) is 11.6 Å². The summed E-state index contributed by atoms with van der Waals surface area (Å²) in [5, 5.41) is 2.65. The van der Waals surface area contributed by atoms with Crippen molar-refractivity contribution in [2.24, 2.45) is 0 Å². The number of nitrogens with zero attached hydrogens (tertiary/aromatic N) is 2. The van der Waals surface area contributed by atoms with E-state index in [1.54, 1.807) is 0 Å². The second-order valence-corrected chi connectivity index (χ2v) is 9.88. The van der Waals surface area contributed by atoms with Gasteiger partial charge in [-0.1, -0.05) is 48.0 Å². The van der Waals surface area contributed by atoms with Crippen molar-refractivity contribution in [1.29, 1.82) is 0 Å². The van der Waals surface area contributed by atoms with Crippen LogP contribution in [0.4, 0.5) is 0 Å². The molecule has 8 heteroatoms. The van der Waals surface area contributed by atoms with E-state index in [1.165, 1.54) is 28.6 Å². The van der Waals surface area contributed by atoms with Gasteiger partial charge in [0.2, 0.25) is 10.0 Å². The van der Waals surface area contributed by atoms with Crippen LogP contribution in [0.15, 0.2) is 77.7 Å². The summed E-state index contributed by atoms with van der Waals surface area (Å²) in [6, 6.07) is 22.0. The number of halogens is 1. The van der Waals surface area contributed by atoms with E-state index < -0.39 is 22.1 Å². The fourth-order valence-corrected chi connectivity index (χ4v) is 5.68. The Morgan fingerprint density at radius 1 is 0.903 bits per heavy atom. The van der Waals surface area contributed by atoms with Crippen LogP contribution in [0.3, 0.4) is 0 Å². The minimum atomic E-state index is -3.84. The average molecular weight is 455 g/mol. The predicted octanol–water partition coefficient (Wildman–Crippen LogP) is 4.06. The zero-order valence-corrected chi connectivity index (χ0v) is 18.0. The van der Waals surface area contributed by atoms with Crippen LogP contribution in [-0.2, 0) is 26.1 Å². The Bertz CT molecular complexity index is 1340. The third-order valence-corrected chi connectivity index (χ3v) is 7.61. The number of carbonyl (C=O) groups excluding carboxylic acids is 1. The molecule has 1 saturated heterocycles. The molecule has 0 bridgehead atoms. The van der Waals surface area contributed by atoms with E-state index in [4.69, 9.17) is 16.3 Å². The molecule has 0 spiro atoms. The number of fused-ring (bicyclic) bond motifs is 3. The average Bonchev–Trinajstić information content (AvgIpc) is 3.08. The van der Waals surface area contributed by atoms with E-state index in [2.05, 4.69) is 16.7 Å². The molecule has 3 aromatic carbocycles. The maximum absolute atomic E-state index is 13.1. The molecule has 5 rings (SSSR count). The van der Waals surface area contributed by atoms with Crippen LogP contribution in [-0.4, -0.2) is 42.5 Å². The number of esters is 1. The SMILES string of the molecule is O=C1CN(S(=O)(=O)c2ccc(Cl)cc2)C[C@@H](Cn2c3ccccc3c3ccccc32)O1. The highest BCUT2D eigenvalue weighted by Crippen LogP contribution is 2.30. The molecule has 4 aromatic rings. The third-order valence-electron chi connectivity index (χ3n) is 5.53. The molecule has 0 N–H and O–H groups in total. The van der Waals surface area contributed by atoms with Crippen LogP contribution in [0.5, 0.6) is 0 Å². The lowest BCUT2D eigenvalue weighted by Crippen LogP contribution is -2.49. The lowest BCUT2D eigenvalue weighted by atomic mass is 10.2. The van der Waals surface area contributed by atoms with Crippen molar-refractivity contribution in [3.63, 3.8) is 0 Å². The van der Waals surface area contributed by atoms with Gasteiger partial charge >= 0.3 is 5.97 Å². The summed E-state index contributed by atoms with van der Waals surface area (Å²) in [5.41, 5.74) is 2.02. The number of hydrogen-bond acceptors (Lipinski definition) is 4. The fraction of sp³-hybridized carbons (Fsp3) is 0.174. The van der Waals surface area contributed by atoms with Gasteiger partial charge in [-0.25, -0.2) is 8.42 Å². The van der Waals surface area contributed by atoms with Gasteiger partial charge in [-0.15, -0.1) is 0 Å². The van der Waals surface area contributed by atoms with Crippen molar-refractivity contribution in [1.82, 2.24) is 8.87 Å². The van der Waals surface area contributed by atoms with E-state index in [0.717, 1.165) is 21.8 Å². The number of sulfonamides is 1.